The van der Waals surface area contributed by atoms with Crippen LogP contribution >= 0.6 is 0 Å². The molecule has 0 aliphatic carbocycles. The lowest BCUT2D eigenvalue weighted by molar-refractivity contribution is -0.146. The van der Waals surface area contributed by atoms with Crippen LogP contribution in [-0.2, 0) is 0 Å². The first-order chi connectivity index (χ1) is 12.4. The van der Waals surface area contributed by atoms with E-state index in [9.17, 15) is 27.5 Å². The Hall–Kier alpha value is -2.59. The second kappa shape index (κ2) is 6.24. The standard InChI is InChI=1S/C16H19F4N5O2/c1-15(2,3)25(14(26)27)10-7-12-21-13(22-24(12)8-9(10)17)23-6-4-5-11(23)16(18,19)20/h7-8,11H,4-6H2,1-3H3,(H,26,27). The molecule has 1 unspecified atom stereocenters. The van der Waals surface area contributed by atoms with Gasteiger partial charge >= 0.3 is 12.3 Å². The molecule has 0 aromatic carbocycles. The van der Waals surface area contributed by atoms with Gasteiger partial charge in [0.1, 0.15) is 6.04 Å². The van der Waals surface area contributed by atoms with E-state index in [-0.39, 0.29) is 30.2 Å². The fourth-order valence-corrected chi connectivity index (χ4v) is 3.27. The summed E-state index contributed by atoms with van der Waals surface area (Å²) in [5, 5.41) is 13.4. The van der Waals surface area contributed by atoms with Gasteiger partial charge in [0.05, 0.1) is 11.9 Å². The van der Waals surface area contributed by atoms with Gasteiger partial charge in [0.25, 0.3) is 0 Å². The number of halogens is 4. The van der Waals surface area contributed by atoms with Gasteiger partial charge in [-0.2, -0.15) is 18.2 Å². The third kappa shape index (κ3) is 3.50. The normalized spacial score (nSPS) is 18.3. The average molecular weight is 389 g/mol. The predicted octanol–water partition coefficient (Wildman–Crippen LogP) is 3.68. The van der Waals surface area contributed by atoms with Crippen LogP contribution in [-0.4, -0.2) is 50.1 Å². The Kier molecular flexibility index (Phi) is 4.43. The minimum Gasteiger partial charge on any atom is -0.465 e. The lowest BCUT2D eigenvalue weighted by Crippen LogP contribution is -2.45. The van der Waals surface area contributed by atoms with E-state index < -0.39 is 29.7 Å². The molecule has 0 spiro atoms. The van der Waals surface area contributed by atoms with Gasteiger partial charge in [-0.25, -0.2) is 13.7 Å². The van der Waals surface area contributed by atoms with Gasteiger partial charge in [-0.1, -0.05) is 0 Å². The Labute approximate surface area is 152 Å². The summed E-state index contributed by atoms with van der Waals surface area (Å²) >= 11 is 0. The van der Waals surface area contributed by atoms with Gasteiger partial charge in [-0.3, -0.25) is 4.90 Å². The van der Waals surface area contributed by atoms with Crippen molar-refractivity contribution in [3.05, 3.63) is 18.1 Å². The molecular weight excluding hydrogens is 370 g/mol. The van der Waals surface area contributed by atoms with Crippen molar-refractivity contribution in [2.45, 2.75) is 51.4 Å². The van der Waals surface area contributed by atoms with Gasteiger partial charge in [-0.05, 0) is 33.6 Å². The number of anilines is 2. The van der Waals surface area contributed by atoms with E-state index in [0.717, 1.165) is 20.5 Å². The van der Waals surface area contributed by atoms with E-state index >= 15 is 0 Å². The van der Waals surface area contributed by atoms with E-state index in [1.54, 1.807) is 20.8 Å². The number of carboxylic acid groups (broad SMARTS) is 1. The van der Waals surface area contributed by atoms with Crippen LogP contribution in [0.15, 0.2) is 12.3 Å². The Morgan fingerprint density at radius 3 is 2.56 bits per heavy atom. The first-order valence-corrected chi connectivity index (χ1v) is 8.32. The molecule has 3 rings (SSSR count). The van der Waals surface area contributed by atoms with E-state index in [1.165, 1.54) is 6.07 Å². The first-order valence-electron chi connectivity index (χ1n) is 8.32. The fraction of sp³-hybridized carbons (Fsp3) is 0.562. The first kappa shape index (κ1) is 19.2. The smallest absolute Gasteiger partial charge is 0.412 e. The summed E-state index contributed by atoms with van der Waals surface area (Å²) < 4.78 is 55.1. The highest BCUT2D eigenvalue weighted by Gasteiger charge is 2.47. The van der Waals surface area contributed by atoms with E-state index in [2.05, 4.69) is 10.1 Å². The number of fused-ring (bicyclic) bond motifs is 1. The highest BCUT2D eigenvalue weighted by atomic mass is 19.4. The molecule has 3 heterocycles. The number of aromatic nitrogens is 3. The van der Waals surface area contributed by atoms with Crippen LogP contribution in [0.1, 0.15) is 33.6 Å². The van der Waals surface area contributed by atoms with E-state index in [1.807, 2.05) is 0 Å². The number of hydrogen-bond acceptors (Lipinski definition) is 4. The van der Waals surface area contributed by atoms with E-state index in [0.29, 0.717) is 6.42 Å². The van der Waals surface area contributed by atoms with Gasteiger partial charge in [0.15, 0.2) is 11.5 Å². The summed E-state index contributed by atoms with van der Waals surface area (Å²) in [6.45, 7) is 4.92. The van der Waals surface area contributed by atoms with Crippen LogP contribution in [0.3, 0.4) is 0 Å². The monoisotopic (exact) mass is 389 g/mol. The Balaban J connectivity index is 2.06. The van der Waals surface area contributed by atoms with Crippen molar-refractivity contribution in [2.75, 3.05) is 16.3 Å². The molecule has 2 aromatic rings. The molecule has 148 valence electrons. The van der Waals surface area contributed by atoms with Crippen LogP contribution in [0.2, 0.25) is 0 Å². The maximum absolute atomic E-state index is 14.5. The topological polar surface area (TPSA) is 74.0 Å². The molecule has 1 fully saturated rings. The van der Waals surface area contributed by atoms with Gasteiger partial charge in [0, 0.05) is 18.2 Å². The van der Waals surface area contributed by atoms with Crippen LogP contribution < -0.4 is 9.80 Å². The molecule has 1 saturated heterocycles. The second-order valence-electron chi connectivity index (χ2n) is 7.40. The molecule has 0 bridgehead atoms. The number of nitrogens with zero attached hydrogens (tertiary/aromatic N) is 5. The van der Waals surface area contributed by atoms with Crippen LogP contribution in [0.25, 0.3) is 5.65 Å². The SMILES string of the molecule is CC(C)(C)N(C(=O)O)c1cc2nc(N3CCCC3C(F)(F)F)nn2cc1F. The third-order valence-corrected chi connectivity index (χ3v) is 4.38. The van der Waals surface area contributed by atoms with E-state index in [4.69, 9.17) is 0 Å². The fourth-order valence-electron chi connectivity index (χ4n) is 3.27. The third-order valence-electron chi connectivity index (χ3n) is 4.38. The number of alkyl halides is 3. The molecule has 7 nitrogen and oxygen atoms in total. The number of hydrogen-bond donors (Lipinski definition) is 1. The van der Waals surface area contributed by atoms with Crippen molar-refractivity contribution in [1.82, 2.24) is 14.6 Å². The largest absolute Gasteiger partial charge is 0.465 e. The van der Waals surface area contributed by atoms with Crippen LogP contribution in [0.4, 0.5) is 34.0 Å². The molecule has 27 heavy (non-hydrogen) atoms. The molecule has 1 N–H and O–H groups in total. The van der Waals surface area contributed by atoms with Crippen molar-refractivity contribution in [1.29, 1.82) is 0 Å². The molecule has 0 radical (unpaired) electrons. The predicted molar refractivity (Wildman–Crippen MR) is 89.6 cm³/mol. The van der Waals surface area contributed by atoms with Crippen molar-refractivity contribution < 1.29 is 27.5 Å². The maximum Gasteiger partial charge on any atom is 0.412 e. The Morgan fingerprint density at radius 2 is 2.00 bits per heavy atom. The summed E-state index contributed by atoms with van der Waals surface area (Å²) in [6, 6.07) is -0.520. The molecule has 0 saturated carbocycles. The number of rotatable bonds is 2. The molecule has 1 atom stereocenters. The highest BCUT2D eigenvalue weighted by molar-refractivity contribution is 5.88. The summed E-state index contributed by atoms with van der Waals surface area (Å²) in [7, 11) is 0. The van der Waals surface area contributed by atoms with Crippen LogP contribution in [0.5, 0.6) is 0 Å². The van der Waals surface area contributed by atoms with Gasteiger partial charge in [0.2, 0.25) is 5.95 Å². The number of pyridine rings is 1. The van der Waals surface area contributed by atoms with Crippen molar-refractivity contribution in [3.8, 4) is 0 Å². The van der Waals surface area contributed by atoms with Crippen molar-refractivity contribution in [3.63, 3.8) is 0 Å². The van der Waals surface area contributed by atoms with Gasteiger partial charge in [-0.15, -0.1) is 5.10 Å². The Bertz CT molecular complexity index is 874. The maximum atomic E-state index is 14.5. The summed E-state index contributed by atoms with van der Waals surface area (Å²) in [6.07, 6.45) is -4.58. The molecule has 1 amide bonds. The Morgan fingerprint density at radius 1 is 1.33 bits per heavy atom. The average Bonchev–Trinajstić information content (AvgIpc) is 3.10. The molecule has 11 heteroatoms. The van der Waals surface area contributed by atoms with Gasteiger partial charge < -0.3 is 10.0 Å². The summed E-state index contributed by atoms with van der Waals surface area (Å²) in [4.78, 5) is 17.5. The number of amides is 1. The summed E-state index contributed by atoms with van der Waals surface area (Å²) in [5.41, 5.74) is -1.12. The molecule has 1 aliphatic rings. The molecular formula is C16H19F4N5O2. The molecule has 2 aromatic heterocycles. The second-order valence-corrected chi connectivity index (χ2v) is 7.40. The zero-order chi connectivity index (χ0) is 20.1. The lowest BCUT2D eigenvalue weighted by atomic mass is 10.1. The lowest BCUT2D eigenvalue weighted by Gasteiger charge is -2.33. The highest BCUT2D eigenvalue weighted by Crippen LogP contribution is 2.35. The van der Waals surface area contributed by atoms with Crippen molar-refractivity contribution >= 4 is 23.4 Å². The van der Waals surface area contributed by atoms with Crippen molar-refractivity contribution in [2.24, 2.45) is 0 Å². The quantitative estimate of drug-likeness (QED) is 0.794. The molecule has 1 aliphatic heterocycles. The zero-order valence-corrected chi connectivity index (χ0v) is 15.0. The minimum absolute atomic E-state index is 0.0599. The zero-order valence-electron chi connectivity index (χ0n) is 15.0. The number of carbonyl (C=O) groups is 1. The van der Waals surface area contributed by atoms with Crippen LogP contribution in [0, 0.1) is 5.82 Å². The summed E-state index contributed by atoms with van der Waals surface area (Å²) in [5.74, 6) is -1.03. The minimum atomic E-state index is -4.42.